The number of hydrogen-bond acceptors (Lipinski definition) is 4. The van der Waals surface area contributed by atoms with Gasteiger partial charge in [0.15, 0.2) is 0 Å². The summed E-state index contributed by atoms with van der Waals surface area (Å²) in [5, 5.41) is 5.63. The minimum atomic E-state index is -0.545. The van der Waals surface area contributed by atoms with Crippen LogP contribution in [-0.4, -0.2) is 43.7 Å². The van der Waals surface area contributed by atoms with Crippen LogP contribution >= 0.6 is 0 Å². The highest BCUT2D eigenvalue weighted by Gasteiger charge is 2.26. The summed E-state index contributed by atoms with van der Waals surface area (Å²) in [4.78, 5) is 23.8. The van der Waals surface area contributed by atoms with Gasteiger partial charge in [0.25, 0.3) is 0 Å². The fourth-order valence-electron chi connectivity index (χ4n) is 3.10. The van der Waals surface area contributed by atoms with E-state index >= 15 is 0 Å². The van der Waals surface area contributed by atoms with Gasteiger partial charge in [-0.05, 0) is 31.6 Å². The molecule has 0 radical (unpaired) electrons. The van der Waals surface area contributed by atoms with Crippen LogP contribution in [0.4, 0.5) is 0 Å². The zero-order chi connectivity index (χ0) is 15.1. The maximum absolute atomic E-state index is 12.0. The molecule has 4 N–H and O–H groups in total. The van der Waals surface area contributed by atoms with Crippen molar-refractivity contribution in [3.05, 3.63) is 0 Å². The Morgan fingerprint density at radius 2 is 1.76 bits per heavy atom. The largest absolute Gasteiger partial charge is 0.381 e. The molecule has 1 unspecified atom stereocenters. The van der Waals surface area contributed by atoms with Crippen LogP contribution in [0, 0.1) is 5.92 Å². The van der Waals surface area contributed by atoms with Crippen molar-refractivity contribution in [2.24, 2.45) is 11.7 Å². The van der Waals surface area contributed by atoms with E-state index in [1.807, 2.05) is 0 Å². The Morgan fingerprint density at radius 1 is 1.10 bits per heavy atom. The lowest BCUT2D eigenvalue weighted by atomic mass is 9.92. The smallest absolute Gasteiger partial charge is 0.239 e. The molecule has 0 spiro atoms. The monoisotopic (exact) mass is 297 g/mol. The Morgan fingerprint density at radius 3 is 2.43 bits per heavy atom. The summed E-state index contributed by atoms with van der Waals surface area (Å²) in [6.45, 7) is 1.34. The molecule has 1 atom stereocenters. The van der Waals surface area contributed by atoms with Crippen molar-refractivity contribution in [3.8, 4) is 0 Å². The molecule has 2 aliphatic rings. The molecule has 21 heavy (non-hydrogen) atoms. The molecule has 6 nitrogen and oxygen atoms in total. The van der Waals surface area contributed by atoms with E-state index in [1.54, 1.807) is 0 Å². The lowest BCUT2D eigenvalue weighted by molar-refractivity contribution is -0.128. The van der Waals surface area contributed by atoms with Gasteiger partial charge in [0.2, 0.25) is 11.8 Å². The van der Waals surface area contributed by atoms with Gasteiger partial charge in [-0.3, -0.25) is 9.59 Å². The first-order valence-corrected chi connectivity index (χ1v) is 8.07. The van der Waals surface area contributed by atoms with Gasteiger partial charge in [-0.25, -0.2) is 0 Å². The van der Waals surface area contributed by atoms with Crippen LogP contribution in [0.5, 0.6) is 0 Å². The molecule has 1 heterocycles. The van der Waals surface area contributed by atoms with Gasteiger partial charge < -0.3 is 21.1 Å². The molecule has 2 amide bonds. The van der Waals surface area contributed by atoms with Crippen molar-refractivity contribution in [1.29, 1.82) is 0 Å². The quantitative estimate of drug-likeness (QED) is 0.680. The van der Waals surface area contributed by atoms with Crippen molar-refractivity contribution in [1.82, 2.24) is 10.6 Å². The van der Waals surface area contributed by atoms with E-state index in [1.165, 1.54) is 19.3 Å². The predicted molar refractivity (Wildman–Crippen MR) is 79.5 cm³/mol. The van der Waals surface area contributed by atoms with E-state index < -0.39 is 6.04 Å². The first kappa shape index (κ1) is 16.2. The number of amides is 2. The minimum Gasteiger partial charge on any atom is -0.381 e. The van der Waals surface area contributed by atoms with Gasteiger partial charge in [0.1, 0.15) is 0 Å². The molecule has 1 saturated heterocycles. The average molecular weight is 297 g/mol. The second-order valence-electron chi connectivity index (χ2n) is 6.10. The van der Waals surface area contributed by atoms with Crippen LogP contribution in [0.15, 0.2) is 0 Å². The summed E-state index contributed by atoms with van der Waals surface area (Å²) in [6, 6.07) is -0.274. The van der Waals surface area contributed by atoms with E-state index in [2.05, 4.69) is 10.6 Å². The molecule has 6 heteroatoms. The Bertz CT molecular complexity index is 350. The third-order valence-electron chi connectivity index (χ3n) is 4.47. The van der Waals surface area contributed by atoms with E-state index in [-0.39, 0.29) is 30.3 Å². The molecule has 120 valence electrons. The lowest BCUT2D eigenvalue weighted by Crippen LogP contribution is -2.50. The third-order valence-corrected chi connectivity index (χ3v) is 4.47. The highest BCUT2D eigenvalue weighted by atomic mass is 16.5. The lowest BCUT2D eigenvalue weighted by Gasteiger charge is -2.27. The van der Waals surface area contributed by atoms with Crippen LogP contribution in [0.25, 0.3) is 0 Å². The standard InChI is InChI=1S/C15H27N3O3/c16-14(11-6-8-21-9-7-11)15(20)17-10-13(19)18-12-4-2-1-3-5-12/h11-12,14H,1-10,16H2,(H,17,20)(H,18,19). The summed E-state index contributed by atoms with van der Waals surface area (Å²) in [5.41, 5.74) is 5.96. The van der Waals surface area contributed by atoms with Crippen LogP contribution in [0.2, 0.25) is 0 Å². The number of rotatable bonds is 5. The summed E-state index contributed by atoms with van der Waals surface area (Å²) in [6.07, 6.45) is 7.30. The maximum Gasteiger partial charge on any atom is 0.239 e. The number of hydrogen-bond donors (Lipinski definition) is 3. The molecule has 0 aromatic carbocycles. The van der Waals surface area contributed by atoms with E-state index in [0.29, 0.717) is 13.2 Å². The topological polar surface area (TPSA) is 93.5 Å². The average Bonchev–Trinajstić information content (AvgIpc) is 2.53. The van der Waals surface area contributed by atoms with Crippen molar-refractivity contribution in [2.45, 2.75) is 57.0 Å². The van der Waals surface area contributed by atoms with Crippen molar-refractivity contribution in [2.75, 3.05) is 19.8 Å². The molecule has 1 aliphatic carbocycles. The van der Waals surface area contributed by atoms with Crippen LogP contribution in [0.1, 0.15) is 44.9 Å². The van der Waals surface area contributed by atoms with Gasteiger partial charge in [0.05, 0.1) is 12.6 Å². The van der Waals surface area contributed by atoms with Crippen molar-refractivity contribution in [3.63, 3.8) is 0 Å². The fourth-order valence-corrected chi connectivity index (χ4v) is 3.10. The van der Waals surface area contributed by atoms with E-state index in [0.717, 1.165) is 25.7 Å². The number of carbonyl (C=O) groups excluding carboxylic acids is 2. The van der Waals surface area contributed by atoms with Gasteiger partial charge >= 0.3 is 0 Å². The highest BCUT2D eigenvalue weighted by molar-refractivity contribution is 5.87. The van der Waals surface area contributed by atoms with E-state index in [9.17, 15) is 9.59 Å². The Hall–Kier alpha value is -1.14. The second kappa shape index (κ2) is 8.34. The zero-order valence-corrected chi connectivity index (χ0v) is 12.6. The highest BCUT2D eigenvalue weighted by Crippen LogP contribution is 2.18. The Kier molecular flexibility index (Phi) is 6.45. The molecular weight excluding hydrogens is 270 g/mol. The summed E-state index contributed by atoms with van der Waals surface area (Å²) in [5.74, 6) is -0.199. The van der Waals surface area contributed by atoms with Crippen LogP contribution < -0.4 is 16.4 Å². The maximum atomic E-state index is 12.0. The van der Waals surface area contributed by atoms with Crippen LogP contribution in [0.3, 0.4) is 0 Å². The number of ether oxygens (including phenoxy) is 1. The summed E-state index contributed by atoms with van der Waals surface area (Å²) < 4.78 is 5.26. The molecular formula is C15H27N3O3. The Balaban J connectivity index is 1.66. The first-order chi connectivity index (χ1) is 10.2. The number of nitrogens with two attached hydrogens (primary N) is 1. The third kappa shape index (κ3) is 5.28. The van der Waals surface area contributed by atoms with Gasteiger partial charge in [-0.2, -0.15) is 0 Å². The number of nitrogens with one attached hydrogen (secondary N) is 2. The molecule has 0 bridgehead atoms. The minimum absolute atomic E-state index is 0.0201. The molecule has 1 aliphatic heterocycles. The molecule has 0 aromatic rings. The normalized spacial score (nSPS) is 22.5. The zero-order valence-electron chi connectivity index (χ0n) is 12.6. The van der Waals surface area contributed by atoms with Crippen molar-refractivity contribution < 1.29 is 14.3 Å². The Labute approximate surface area is 126 Å². The van der Waals surface area contributed by atoms with Gasteiger partial charge in [-0.1, -0.05) is 19.3 Å². The molecule has 1 saturated carbocycles. The molecule has 2 rings (SSSR count). The first-order valence-electron chi connectivity index (χ1n) is 8.07. The van der Waals surface area contributed by atoms with Gasteiger partial charge in [-0.15, -0.1) is 0 Å². The predicted octanol–water partition coefficient (Wildman–Crippen LogP) is 0.305. The SMILES string of the molecule is NC(C(=O)NCC(=O)NC1CCCCC1)C1CCOCC1. The number of carbonyl (C=O) groups is 2. The molecule has 0 aromatic heterocycles. The van der Waals surface area contributed by atoms with Gasteiger partial charge in [0, 0.05) is 19.3 Å². The summed E-state index contributed by atoms with van der Waals surface area (Å²) in [7, 11) is 0. The fraction of sp³-hybridized carbons (Fsp3) is 0.867. The van der Waals surface area contributed by atoms with Crippen LogP contribution in [-0.2, 0) is 14.3 Å². The van der Waals surface area contributed by atoms with E-state index in [4.69, 9.17) is 10.5 Å². The molecule has 2 fully saturated rings. The van der Waals surface area contributed by atoms with Crippen molar-refractivity contribution >= 4 is 11.8 Å². The summed E-state index contributed by atoms with van der Waals surface area (Å²) >= 11 is 0. The second-order valence-corrected chi connectivity index (χ2v) is 6.10.